The van der Waals surface area contributed by atoms with E-state index in [1.54, 1.807) is 47.1 Å². The van der Waals surface area contributed by atoms with Gasteiger partial charge in [-0.3, -0.25) is 5.10 Å². The van der Waals surface area contributed by atoms with Crippen LogP contribution < -0.4 is 0 Å². The zero-order chi connectivity index (χ0) is 34.6. The van der Waals surface area contributed by atoms with Gasteiger partial charge >= 0.3 is 0 Å². The van der Waals surface area contributed by atoms with E-state index in [0.717, 1.165) is 34.1 Å². The van der Waals surface area contributed by atoms with Crippen LogP contribution in [0.3, 0.4) is 0 Å². The summed E-state index contributed by atoms with van der Waals surface area (Å²) in [6, 6.07) is 14.5. The number of nitrogens with zero attached hydrogens (tertiary/aromatic N) is 5. The van der Waals surface area contributed by atoms with E-state index in [9.17, 15) is 16.8 Å². The van der Waals surface area contributed by atoms with Crippen molar-refractivity contribution in [2.75, 3.05) is 34.8 Å². The van der Waals surface area contributed by atoms with Gasteiger partial charge in [0.15, 0.2) is 5.15 Å². The maximum atomic E-state index is 12.4. The molecule has 0 fully saturated rings. The van der Waals surface area contributed by atoms with Gasteiger partial charge in [0.05, 0.1) is 15.5 Å². The second-order valence-corrected chi connectivity index (χ2v) is 22.9. The lowest BCUT2D eigenvalue weighted by Crippen LogP contribution is -2.22. The second-order valence-electron chi connectivity index (χ2n) is 12.2. The zero-order valence-electron chi connectivity index (χ0n) is 27.6. The number of nitrogens with one attached hydrogen (secondary N) is 1. The van der Waals surface area contributed by atoms with Crippen LogP contribution in [0.4, 0.5) is 0 Å². The van der Waals surface area contributed by atoms with E-state index in [1.807, 2.05) is 19.9 Å². The molecule has 1 N–H and O–H groups in total. The molecule has 4 aromatic rings. The van der Waals surface area contributed by atoms with Crippen LogP contribution in [0.25, 0.3) is 22.3 Å². The molecule has 0 aliphatic heterocycles. The Hall–Kier alpha value is -2.56. The normalized spacial score (nSPS) is 12.5. The summed E-state index contributed by atoms with van der Waals surface area (Å²) < 4.78 is 58.7. The molecule has 0 amide bonds. The number of benzene rings is 2. The lowest BCUT2D eigenvalue weighted by molar-refractivity contribution is 0.0786. The standard InChI is InChI=1S/C18H28ClN3O3SSi.C12H14ClN3O2S/c1-14-17(15-8-7-9-16(12-15)26(23,24)21(2)3)18(19)22(20-14)13-25-10-11-27(4,5)6;1-8-11(12(13)15-14-8)9-5-4-6-10(7-9)19(17,18)16(2)3/h7-9,12H,10-11,13H2,1-6H3;4-7H,1-3H3,(H,14,15). The van der Waals surface area contributed by atoms with Crippen LogP contribution in [0.2, 0.25) is 36.0 Å². The van der Waals surface area contributed by atoms with E-state index in [0.29, 0.717) is 22.5 Å². The molecule has 0 unspecified atom stereocenters. The Morgan fingerprint density at radius 1 is 0.848 bits per heavy atom. The van der Waals surface area contributed by atoms with Crippen LogP contribution in [0.1, 0.15) is 11.4 Å². The number of sulfonamides is 2. The minimum absolute atomic E-state index is 0.222. The van der Waals surface area contributed by atoms with Crippen LogP contribution in [0.5, 0.6) is 0 Å². The van der Waals surface area contributed by atoms with Crippen molar-refractivity contribution >= 4 is 51.3 Å². The zero-order valence-corrected chi connectivity index (χ0v) is 31.7. The predicted molar refractivity (Wildman–Crippen MR) is 187 cm³/mol. The number of H-pyrrole nitrogens is 1. The van der Waals surface area contributed by atoms with Crippen LogP contribution in [0.15, 0.2) is 58.3 Å². The number of hydrogen-bond donors (Lipinski definition) is 1. The fourth-order valence-electron chi connectivity index (χ4n) is 4.28. The Bertz CT molecular complexity index is 1870. The van der Waals surface area contributed by atoms with Gasteiger partial charge in [0.25, 0.3) is 0 Å². The van der Waals surface area contributed by atoms with Crippen LogP contribution in [-0.2, 0) is 31.5 Å². The summed E-state index contributed by atoms with van der Waals surface area (Å²) in [5.74, 6) is 0. The first-order chi connectivity index (χ1) is 21.3. The number of halogens is 2. The number of aromatic nitrogens is 4. The fraction of sp³-hybridized carbons (Fsp3) is 0.400. The molecule has 46 heavy (non-hydrogen) atoms. The molecule has 0 aliphatic carbocycles. The third-order valence-electron chi connectivity index (χ3n) is 6.98. The van der Waals surface area contributed by atoms with Gasteiger partial charge in [0.2, 0.25) is 20.0 Å². The smallest absolute Gasteiger partial charge is 0.242 e. The number of rotatable bonds is 11. The average molecular weight is 730 g/mol. The van der Waals surface area contributed by atoms with Crippen LogP contribution >= 0.6 is 23.2 Å². The van der Waals surface area contributed by atoms with E-state index in [-0.39, 0.29) is 16.5 Å². The summed E-state index contributed by atoms with van der Waals surface area (Å²) in [5, 5.41) is 11.9. The Balaban J connectivity index is 0.000000266. The molecular weight excluding hydrogens is 687 g/mol. The van der Waals surface area contributed by atoms with Crippen molar-refractivity contribution < 1.29 is 21.6 Å². The maximum Gasteiger partial charge on any atom is 0.242 e. The third-order valence-corrected chi connectivity index (χ3v) is 13.0. The third kappa shape index (κ3) is 9.07. The highest BCUT2D eigenvalue weighted by atomic mass is 35.5. The Labute approximate surface area is 283 Å². The fourth-order valence-corrected chi connectivity index (χ4v) is 7.56. The van der Waals surface area contributed by atoms with Crippen molar-refractivity contribution in [3.8, 4) is 22.3 Å². The number of hydrogen-bond acceptors (Lipinski definition) is 7. The Morgan fingerprint density at radius 3 is 1.78 bits per heavy atom. The molecule has 252 valence electrons. The lowest BCUT2D eigenvalue weighted by Gasteiger charge is -2.15. The molecule has 0 aliphatic rings. The van der Waals surface area contributed by atoms with E-state index >= 15 is 0 Å². The van der Waals surface area contributed by atoms with Crippen molar-refractivity contribution in [2.24, 2.45) is 0 Å². The molecule has 4 rings (SSSR count). The first kappa shape index (κ1) is 37.9. The highest BCUT2D eigenvalue weighted by Gasteiger charge is 2.22. The molecule has 0 saturated heterocycles. The van der Waals surface area contributed by atoms with Crippen molar-refractivity contribution in [2.45, 2.75) is 56.1 Å². The van der Waals surface area contributed by atoms with Crippen molar-refractivity contribution in [1.29, 1.82) is 0 Å². The highest BCUT2D eigenvalue weighted by molar-refractivity contribution is 7.89. The number of ether oxygens (including phenoxy) is 1. The van der Waals surface area contributed by atoms with Gasteiger partial charge in [-0.2, -0.15) is 10.2 Å². The van der Waals surface area contributed by atoms with Gasteiger partial charge in [-0.15, -0.1) is 0 Å². The van der Waals surface area contributed by atoms with Gasteiger partial charge in [0, 0.05) is 59.7 Å². The van der Waals surface area contributed by atoms with Crippen molar-refractivity contribution in [1.82, 2.24) is 28.6 Å². The summed E-state index contributed by atoms with van der Waals surface area (Å²) in [5.41, 5.74) is 4.41. The van der Waals surface area contributed by atoms with Crippen molar-refractivity contribution in [3.63, 3.8) is 0 Å². The van der Waals surface area contributed by atoms with E-state index < -0.39 is 28.1 Å². The summed E-state index contributed by atoms with van der Waals surface area (Å²) in [4.78, 5) is 0.450. The van der Waals surface area contributed by atoms with Gasteiger partial charge in [-0.25, -0.2) is 30.1 Å². The summed E-state index contributed by atoms with van der Waals surface area (Å²) in [7, 11) is -2.11. The molecular formula is C30H42Cl2N6O5S2Si. The molecule has 0 radical (unpaired) electrons. The van der Waals surface area contributed by atoms with Crippen LogP contribution in [0, 0.1) is 13.8 Å². The summed E-state index contributed by atoms with van der Waals surface area (Å²) in [6.45, 7) is 11.5. The largest absolute Gasteiger partial charge is 0.359 e. The molecule has 0 saturated carbocycles. The second kappa shape index (κ2) is 15.1. The topological polar surface area (TPSA) is 130 Å². The van der Waals surface area contributed by atoms with Crippen molar-refractivity contribution in [3.05, 3.63) is 70.2 Å². The lowest BCUT2D eigenvalue weighted by atomic mass is 10.1. The Kier molecular flexibility index (Phi) is 12.4. The first-order valence-corrected chi connectivity index (χ1v) is 21.7. The average Bonchev–Trinajstić information content (AvgIpc) is 3.46. The SMILES string of the molecule is Cc1[nH]nc(Cl)c1-c1cccc(S(=O)(=O)N(C)C)c1.Cc1nn(COCC[Si](C)(C)C)c(Cl)c1-c1cccc(S(=O)(=O)N(C)C)c1. The molecule has 0 spiro atoms. The first-order valence-electron chi connectivity index (χ1n) is 14.3. The van der Waals surface area contributed by atoms with E-state index in [4.69, 9.17) is 27.9 Å². The van der Waals surface area contributed by atoms with Gasteiger partial charge < -0.3 is 4.74 Å². The minimum Gasteiger partial charge on any atom is -0.359 e. The van der Waals surface area contributed by atoms with E-state index in [2.05, 4.69) is 34.9 Å². The molecule has 2 aromatic carbocycles. The minimum atomic E-state index is -3.52. The summed E-state index contributed by atoms with van der Waals surface area (Å²) >= 11 is 12.5. The Morgan fingerprint density at radius 2 is 1.35 bits per heavy atom. The number of aryl methyl sites for hydroxylation is 2. The quantitative estimate of drug-likeness (QED) is 0.140. The monoisotopic (exact) mass is 728 g/mol. The molecule has 11 nitrogen and oxygen atoms in total. The predicted octanol–water partition coefficient (Wildman–Crippen LogP) is 6.36. The molecule has 2 aromatic heterocycles. The maximum absolute atomic E-state index is 12.4. The molecule has 0 atom stereocenters. The number of aromatic amines is 1. The van der Waals surface area contributed by atoms with Gasteiger partial charge in [-0.1, -0.05) is 67.1 Å². The summed E-state index contributed by atoms with van der Waals surface area (Å²) in [6.07, 6.45) is 0. The van der Waals surface area contributed by atoms with Gasteiger partial charge in [0.1, 0.15) is 11.9 Å². The van der Waals surface area contributed by atoms with E-state index in [1.165, 1.54) is 36.8 Å². The molecule has 16 heteroatoms. The van der Waals surface area contributed by atoms with Crippen LogP contribution in [-0.4, -0.2) is 88.3 Å². The highest BCUT2D eigenvalue weighted by Crippen LogP contribution is 2.33. The van der Waals surface area contributed by atoms with Gasteiger partial charge in [-0.05, 0) is 55.3 Å². The molecule has 2 heterocycles. The molecule has 0 bridgehead atoms.